The number of nitrogens with zero attached hydrogens (tertiary/aromatic N) is 2. The van der Waals surface area contributed by atoms with Gasteiger partial charge in [0.05, 0.1) is 0 Å². The van der Waals surface area contributed by atoms with Gasteiger partial charge in [0.15, 0.2) is 5.82 Å². The van der Waals surface area contributed by atoms with Crippen molar-refractivity contribution in [1.82, 2.24) is 10.1 Å². The van der Waals surface area contributed by atoms with E-state index < -0.39 is 5.97 Å². The van der Waals surface area contributed by atoms with Crippen molar-refractivity contribution >= 4 is 5.97 Å². The van der Waals surface area contributed by atoms with Gasteiger partial charge in [0.1, 0.15) is 13.2 Å². The van der Waals surface area contributed by atoms with E-state index in [0.29, 0.717) is 18.1 Å². The fraction of sp³-hybridized carbons (Fsp3) is 0.571. The molecule has 1 aromatic heterocycles. The maximum atomic E-state index is 10.1. The summed E-state index contributed by atoms with van der Waals surface area (Å²) in [5.74, 6) is -0.123. The smallest absolute Gasteiger partial charge is 0.329 e. The molecule has 0 unspecified atom stereocenters. The molecule has 0 spiro atoms. The summed E-state index contributed by atoms with van der Waals surface area (Å²) in [6.07, 6.45) is 0.683. The molecular formula is C7H10N2O4. The first kappa shape index (κ1) is 9.66. The highest BCUT2D eigenvalue weighted by atomic mass is 16.5. The lowest BCUT2D eigenvalue weighted by Crippen LogP contribution is -2.06. The molecule has 0 bridgehead atoms. The van der Waals surface area contributed by atoms with Crippen molar-refractivity contribution in [3.8, 4) is 0 Å². The lowest BCUT2D eigenvalue weighted by molar-refractivity contribution is -0.142. The summed E-state index contributed by atoms with van der Waals surface area (Å²) < 4.78 is 9.50. The maximum absolute atomic E-state index is 10.1. The molecule has 0 saturated carbocycles. The van der Waals surface area contributed by atoms with Crippen LogP contribution in [0.2, 0.25) is 0 Å². The predicted octanol–water partition coefficient (Wildman–Crippen LogP) is 0.233. The van der Waals surface area contributed by atoms with E-state index in [9.17, 15) is 4.79 Å². The Hall–Kier alpha value is -1.43. The number of hydrogen-bond donors (Lipinski definition) is 1. The van der Waals surface area contributed by atoms with Crippen LogP contribution in [-0.4, -0.2) is 27.8 Å². The van der Waals surface area contributed by atoms with Crippen LogP contribution < -0.4 is 0 Å². The molecule has 1 heterocycles. The number of aliphatic carboxylic acids is 1. The third-order valence-electron chi connectivity index (χ3n) is 1.28. The zero-order valence-corrected chi connectivity index (χ0v) is 7.19. The Morgan fingerprint density at radius 3 is 3.00 bits per heavy atom. The predicted molar refractivity (Wildman–Crippen MR) is 41.0 cm³/mol. The van der Waals surface area contributed by atoms with Gasteiger partial charge in [-0.25, -0.2) is 4.79 Å². The topological polar surface area (TPSA) is 85.5 Å². The number of carboxylic acids is 1. The van der Waals surface area contributed by atoms with Crippen molar-refractivity contribution in [2.45, 2.75) is 20.0 Å². The van der Waals surface area contributed by atoms with Gasteiger partial charge in [-0.1, -0.05) is 12.1 Å². The normalized spacial score (nSPS) is 10.2. The van der Waals surface area contributed by atoms with Crippen LogP contribution in [-0.2, 0) is 22.6 Å². The minimum absolute atomic E-state index is 0.0410. The molecule has 6 heteroatoms. The second-order valence-electron chi connectivity index (χ2n) is 2.34. The van der Waals surface area contributed by atoms with Gasteiger partial charge in [0.2, 0.25) is 0 Å². The summed E-state index contributed by atoms with van der Waals surface area (Å²) in [7, 11) is 0. The van der Waals surface area contributed by atoms with Gasteiger partial charge < -0.3 is 14.4 Å². The van der Waals surface area contributed by atoms with E-state index in [0.717, 1.165) is 0 Å². The summed E-state index contributed by atoms with van der Waals surface area (Å²) in [6.45, 7) is 1.58. The Morgan fingerprint density at radius 1 is 1.69 bits per heavy atom. The number of aromatic nitrogens is 2. The number of rotatable bonds is 5. The molecule has 0 fully saturated rings. The van der Waals surface area contributed by atoms with Crippen molar-refractivity contribution in [1.29, 1.82) is 0 Å². The molecule has 72 valence electrons. The highest BCUT2D eigenvalue weighted by molar-refractivity contribution is 5.67. The SMILES string of the molecule is CCc1noc(COCC(=O)O)n1. The Balaban J connectivity index is 2.32. The Labute approximate surface area is 74.5 Å². The zero-order valence-electron chi connectivity index (χ0n) is 7.19. The third kappa shape index (κ3) is 3.20. The fourth-order valence-electron chi connectivity index (χ4n) is 0.718. The number of aryl methyl sites for hydroxylation is 1. The van der Waals surface area contributed by atoms with E-state index in [-0.39, 0.29) is 13.2 Å². The maximum Gasteiger partial charge on any atom is 0.329 e. The minimum Gasteiger partial charge on any atom is -0.480 e. The van der Waals surface area contributed by atoms with Crippen molar-refractivity contribution in [3.05, 3.63) is 11.7 Å². The molecule has 0 aliphatic rings. The van der Waals surface area contributed by atoms with E-state index in [4.69, 9.17) is 14.4 Å². The molecule has 1 aromatic rings. The molecule has 1 N–H and O–H groups in total. The monoisotopic (exact) mass is 186 g/mol. The molecule has 6 nitrogen and oxygen atoms in total. The van der Waals surface area contributed by atoms with E-state index in [1.807, 2.05) is 6.92 Å². The van der Waals surface area contributed by atoms with Crippen LogP contribution in [0, 0.1) is 0 Å². The number of carboxylic acid groups (broad SMARTS) is 1. The van der Waals surface area contributed by atoms with E-state index >= 15 is 0 Å². The van der Waals surface area contributed by atoms with Gasteiger partial charge in [-0.05, 0) is 0 Å². The average molecular weight is 186 g/mol. The van der Waals surface area contributed by atoms with Crippen LogP contribution >= 0.6 is 0 Å². The quantitative estimate of drug-likeness (QED) is 0.708. The Bertz CT molecular complexity index is 284. The Morgan fingerprint density at radius 2 is 2.46 bits per heavy atom. The van der Waals surface area contributed by atoms with Crippen LogP contribution in [0.3, 0.4) is 0 Å². The number of ether oxygens (including phenoxy) is 1. The second-order valence-corrected chi connectivity index (χ2v) is 2.34. The standard InChI is InChI=1S/C7H10N2O4/c1-2-5-8-6(13-9-5)3-12-4-7(10)11/h2-4H2,1H3,(H,10,11). The van der Waals surface area contributed by atoms with Crippen molar-refractivity contribution in [3.63, 3.8) is 0 Å². The van der Waals surface area contributed by atoms with Crippen molar-refractivity contribution < 1.29 is 19.2 Å². The van der Waals surface area contributed by atoms with E-state index in [1.54, 1.807) is 0 Å². The molecule has 1 rings (SSSR count). The van der Waals surface area contributed by atoms with Crippen LogP contribution in [0.15, 0.2) is 4.52 Å². The molecular weight excluding hydrogens is 176 g/mol. The van der Waals surface area contributed by atoms with Crippen LogP contribution in [0.4, 0.5) is 0 Å². The van der Waals surface area contributed by atoms with Crippen LogP contribution in [0.5, 0.6) is 0 Å². The molecule has 0 aliphatic heterocycles. The zero-order chi connectivity index (χ0) is 9.68. The largest absolute Gasteiger partial charge is 0.480 e. The summed E-state index contributed by atoms with van der Waals surface area (Å²) in [4.78, 5) is 14.0. The molecule has 0 amide bonds. The highest BCUT2D eigenvalue weighted by Crippen LogP contribution is 1.99. The minimum atomic E-state index is -1.02. The molecule has 13 heavy (non-hydrogen) atoms. The van der Waals surface area contributed by atoms with E-state index in [2.05, 4.69) is 10.1 Å². The first-order chi connectivity index (χ1) is 6.22. The summed E-state index contributed by atoms with van der Waals surface area (Å²) in [5.41, 5.74) is 0. The molecule has 0 radical (unpaired) electrons. The fourth-order valence-corrected chi connectivity index (χ4v) is 0.718. The molecule has 0 saturated heterocycles. The van der Waals surface area contributed by atoms with Crippen LogP contribution in [0.25, 0.3) is 0 Å². The number of hydrogen-bond acceptors (Lipinski definition) is 5. The summed E-state index contributed by atoms with van der Waals surface area (Å²) in [6, 6.07) is 0. The first-order valence-electron chi connectivity index (χ1n) is 3.83. The second kappa shape index (κ2) is 4.56. The molecule has 0 aromatic carbocycles. The lowest BCUT2D eigenvalue weighted by Gasteiger charge is -1.93. The Kier molecular flexibility index (Phi) is 3.39. The first-order valence-corrected chi connectivity index (χ1v) is 3.83. The number of carbonyl (C=O) groups is 1. The van der Waals surface area contributed by atoms with Crippen molar-refractivity contribution in [2.75, 3.05) is 6.61 Å². The molecule has 0 atom stereocenters. The van der Waals surface area contributed by atoms with Gasteiger partial charge in [-0.15, -0.1) is 0 Å². The average Bonchev–Trinajstić information content (AvgIpc) is 2.52. The third-order valence-corrected chi connectivity index (χ3v) is 1.28. The van der Waals surface area contributed by atoms with Crippen LogP contribution in [0.1, 0.15) is 18.6 Å². The van der Waals surface area contributed by atoms with E-state index in [1.165, 1.54) is 0 Å². The highest BCUT2D eigenvalue weighted by Gasteiger charge is 2.05. The van der Waals surface area contributed by atoms with Gasteiger partial charge in [0, 0.05) is 6.42 Å². The van der Waals surface area contributed by atoms with Gasteiger partial charge in [0.25, 0.3) is 5.89 Å². The summed E-state index contributed by atoms with van der Waals surface area (Å²) in [5, 5.41) is 11.9. The summed E-state index contributed by atoms with van der Waals surface area (Å²) >= 11 is 0. The molecule has 0 aliphatic carbocycles. The van der Waals surface area contributed by atoms with Gasteiger partial charge in [-0.3, -0.25) is 0 Å². The van der Waals surface area contributed by atoms with Gasteiger partial charge >= 0.3 is 5.97 Å². The van der Waals surface area contributed by atoms with Gasteiger partial charge in [-0.2, -0.15) is 4.98 Å². The lowest BCUT2D eigenvalue weighted by atomic mass is 10.5. The van der Waals surface area contributed by atoms with Crippen molar-refractivity contribution in [2.24, 2.45) is 0 Å².